The van der Waals surface area contributed by atoms with E-state index >= 15 is 0 Å². The van der Waals surface area contributed by atoms with E-state index in [9.17, 15) is 0 Å². The van der Waals surface area contributed by atoms with E-state index < -0.39 is 0 Å². The van der Waals surface area contributed by atoms with Gasteiger partial charge in [-0.2, -0.15) is 0 Å². The van der Waals surface area contributed by atoms with Gasteiger partial charge in [0.25, 0.3) is 0 Å². The van der Waals surface area contributed by atoms with Crippen molar-refractivity contribution >= 4 is 0 Å². The van der Waals surface area contributed by atoms with Gasteiger partial charge in [0.1, 0.15) is 0 Å². The second-order valence-corrected chi connectivity index (χ2v) is 3.86. The van der Waals surface area contributed by atoms with Gasteiger partial charge in [0.15, 0.2) is 0 Å². The summed E-state index contributed by atoms with van der Waals surface area (Å²) in [6, 6.07) is 4.35. The Morgan fingerprint density at radius 3 is 2.88 bits per heavy atom. The summed E-state index contributed by atoms with van der Waals surface area (Å²) in [6.45, 7) is 8.75. The van der Waals surface area contributed by atoms with Crippen LogP contribution in [0.2, 0.25) is 0 Å². The van der Waals surface area contributed by atoms with Gasteiger partial charge >= 0.3 is 0 Å². The molecule has 1 rings (SSSR count). The molecule has 0 aliphatic heterocycles. The molecule has 1 atom stereocenters. The SMILES string of the molecule is CCCOCC(NCC)c1cccnc1C. The van der Waals surface area contributed by atoms with Crippen molar-refractivity contribution in [1.82, 2.24) is 10.3 Å². The van der Waals surface area contributed by atoms with E-state index in [0.29, 0.717) is 6.61 Å². The van der Waals surface area contributed by atoms with Crippen molar-refractivity contribution in [2.75, 3.05) is 19.8 Å². The number of nitrogens with one attached hydrogen (secondary N) is 1. The van der Waals surface area contributed by atoms with Crippen molar-refractivity contribution in [3.63, 3.8) is 0 Å². The molecule has 0 amide bonds. The number of hydrogen-bond donors (Lipinski definition) is 1. The Labute approximate surface area is 98.2 Å². The zero-order valence-corrected chi connectivity index (χ0v) is 10.5. The van der Waals surface area contributed by atoms with Gasteiger partial charge in [0.2, 0.25) is 0 Å². The summed E-state index contributed by atoms with van der Waals surface area (Å²) in [5.41, 5.74) is 2.31. The first-order valence-electron chi connectivity index (χ1n) is 6.02. The van der Waals surface area contributed by atoms with Crippen LogP contribution in [-0.4, -0.2) is 24.7 Å². The molecule has 0 spiro atoms. The zero-order valence-electron chi connectivity index (χ0n) is 10.5. The van der Waals surface area contributed by atoms with Gasteiger partial charge in [-0.15, -0.1) is 0 Å². The van der Waals surface area contributed by atoms with Crippen molar-refractivity contribution in [3.05, 3.63) is 29.6 Å². The van der Waals surface area contributed by atoms with Crippen LogP contribution in [0.25, 0.3) is 0 Å². The molecule has 1 aromatic heterocycles. The summed E-state index contributed by atoms with van der Waals surface area (Å²) in [7, 11) is 0. The van der Waals surface area contributed by atoms with E-state index in [1.54, 1.807) is 0 Å². The Bertz CT molecular complexity index is 302. The molecule has 1 heterocycles. The quantitative estimate of drug-likeness (QED) is 0.720. The average Bonchev–Trinajstić information content (AvgIpc) is 2.29. The lowest BCUT2D eigenvalue weighted by Gasteiger charge is -2.19. The van der Waals surface area contributed by atoms with Crippen molar-refractivity contribution in [1.29, 1.82) is 0 Å². The van der Waals surface area contributed by atoms with E-state index in [2.05, 4.69) is 30.2 Å². The lowest BCUT2D eigenvalue weighted by atomic mass is 10.1. The molecule has 1 unspecified atom stereocenters. The largest absolute Gasteiger partial charge is 0.379 e. The summed E-state index contributed by atoms with van der Waals surface area (Å²) in [6.07, 6.45) is 2.89. The first kappa shape index (κ1) is 13.1. The van der Waals surface area contributed by atoms with E-state index in [1.807, 2.05) is 19.2 Å². The topological polar surface area (TPSA) is 34.1 Å². The molecule has 0 radical (unpaired) electrons. The molecular formula is C13H22N2O. The maximum absolute atomic E-state index is 5.62. The molecule has 0 aromatic carbocycles. The highest BCUT2D eigenvalue weighted by Gasteiger charge is 2.12. The molecule has 3 nitrogen and oxygen atoms in total. The Balaban J connectivity index is 2.65. The molecule has 0 aliphatic carbocycles. The summed E-state index contributed by atoms with van der Waals surface area (Å²) >= 11 is 0. The lowest BCUT2D eigenvalue weighted by Crippen LogP contribution is -2.26. The highest BCUT2D eigenvalue weighted by molar-refractivity contribution is 5.22. The molecule has 90 valence electrons. The maximum atomic E-state index is 5.62. The normalized spacial score (nSPS) is 12.7. The first-order chi connectivity index (χ1) is 7.79. The van der Waals surface area contributed by atoms with Crippen LogP contribution in [0.5, 0.6) is 0 Å². The van der Waals surface area contributed by atoms with Crippen LogP contribution in [0.3, 0.4) is 0 Å². The second-order valence-electron chi connectivity index (χ2n) is 3.86. The Morgan fingerprint density at radius 1 is 1.44 bits per heavy atom. The fourth-order valence-corrected chi connectivity index (χ4v) is 1.72. The minimum absolute atomic E-state index is 0.255. The molecule has 0 bridgehead atoms. The lowest BCUT2D eigenvalue weighted by molar-refractivity contribution is 0.112. The molecular weight excluding hydrogens is 200 g/mol. The molecule has 0 aliphatic rings. The summed E-state index contributed by atoms with van der Waals surface area (Å²) < 4.78 is 5.62. The van der Waals surface area contributed by atoms with E-state index in [1.165, 1.54) is 5.56 Å². The number of nitrogens with zero attached hydrogens (tertiary/aromatic N) is 1. The Morgan fingerprint density at radius 2 is 2.25 bits per heavy atom. The smallest absolute Gasteiger partial charge is 0.0662 e. The van der Waals surface area contributed by atoms with Crippen LogP contribution >= 0.6 is 0 Å². The molecule has 0 fully saturated rings. The zero-order chi connectivity index (χ0) is 11.8. The molecule has 0 saturated heterocycles. The van der Waals surface area contributed by atoms with Gasteiger partial charge in [0.05, 0.1) is 12.6 Å². The molecule has 16 heavy (non-hydrogen) atoms. The molecule has 1 N–H and O–H groups in total. The maximum Gasteiger partial charge on any atom is 0.0662 e. The number of pyridine rings is 1. The fraction of sp³-hybridized carbons (Fsp3) is 0.615. The second kappa shape index (κ2) is 7.36. The van der Waals surface area contributed by atoms with Gasteiger partial charge in [-0.05, 0) is 31.5 Å². The fourth-order valence-electron chi connectivity index (χ4n) is 1.72. The summed E-state index contributed by atoms with van der Waals surface area (Å²) in [5.74, 6) is 0. The van der Waals surface area contributed by atoms with Crippen LogP contribution < -0.4 is 5.32 Å². The third kappa shape index (κ3) is 3.91. The van der Waals surface area contributed by atoms with E-state index in [0.717, 1.165) is 25.3 Å². The first-order valence-corrected chi connectivity index (χ1v) is 6.02. The highest BCUT2D eigenvalue weighted by Crippen LogP contribution is 2.15. The third-order valence-electron chi connectivity index (χ3n) is 2.51. The molecule has 3 heteroatoms. The van der Waals surface area contributed by atoms with Crippen molar-refractivity contribution in [2.24, 2.45) is 0 Å². The van der Waals surface area contributed by atoms with Crippen molar-refractivity contribution < 1.29 is 4.74 Å². The summed E-state index contributed by atoms with van der Waals surface area (Å²) in [5, 5.41) is 3.43. The minimum atomic E-state index is 0.255. The number of rotatable bonds is 7. The van der Waals surface area contributed by atoms with E-state index in [-0.39, 0.29) is 6.04 Å². The van der Waals surface area contributed by atoms with Crippen LogP contribution in [0.4, 0.5) is 0 Å². The van der Waals surface area contributed by atoms with Gasteiger partial charge in [0, 0.05) is 18.5 Å². The van der Waals surface area contributed by atoms with Crippen LogP contribution in [0.1, 0.15) is 37.6 Å². The predicted octanol–water partition coefficient (Wildman–Crippen LogP) is 2.47. The number of likely N-dealkylation sites (N-methyl/N-ethyl adjacent to an activating group) is 1. The average molecular weight is 222 g/mol. The van der Waals surface area contributed by atoms with Gasteiger partial charge in [-0.3, -0.25) is 4.98 Å². The summed E-state index contributed by atoms with van der Waals surface area (Å²) in [4.78, 5) is 4.31. The van der Waals surface area contributed by atoms with Crippen LogP contribution in [0, 0.1) is 6.92 Å². The standard InChI is InChI=1S/C13H22N2O/c1-4-9-16-10-13(14-5-2)12-7-6-8-15-11(12)3/h6-8,13-14H,4-5,9-10H2,1-3H3. The number of ether oxygens (including phenoxy) is 1. The minimum Gasteiger partial charge on any atom is -0.379 e. The molecule has 1 aromatic rings. The van der Waals surface area contributed by atoms with Crippen LogP contribution in [0.15, 0.2) is 18.3 Å². The third-order valence-corrected chi connectivity index (χ3v) is 2.51. The molecule has 0 saturated carbocycles. The highest BCUT2D eigenvalue weighted by atomic mass is 16.5. The monoisotopic (exact) mass is 222 g/mol. The van der Waals surface area contributed by atoms with E-state index in [4.69, 9.17) is 4.74 Å². The van der Waals surface area contributed by atoms with Crippen molar-refractivity contribution in [2.45, 2.75) is 33.2 Å². The number of aryl methyl sites for hydroxylation is 1. The van der Waals surface area contributed by atoms with Crippen LogP contribution in [-0.2, 0) is 4.74 Å². The van der Waals surface area contributed by atoms with Gasteiger partial charge in [-0.25, -0.2) is 0 Å². The predicted molar refractivity (Wildman–Crippen MR) is 66.5 cm³/mol. The Kier molecular flexibility index (Phi) is 6.04. The van der Waals surface area contributed by atoms with Gasteiger partial charge in [-0.1, -0.05) is 19.9 Å². The number of hydrogen-bond acceptors (Lipinski definition) is 3. The number of aromatic nitrogens is 1. The van der Waals surface area contributed by atoms with Gasteiger partial charge < -0.3 is 10.1 Å². The Hall–Kier alpha value is -0.930. The van der Waals surface area contributed by atoms with Crippen molar-refractivity contribution in [3.8, 4) is 0 Å².